The van der Waals surface area contributed by atoms with Crippen LogP contribution in [-0.4, -0.2) is 39.4 Å². The Morgan fingerprint density at radius 2 is 2.39 bits per heavy atom. The van der Waals surface area contributed by atoms with E-state index < -0.39 is 11.9 Å². The van der Waals surface area contributed by atoms with Crippen LogP contribution in [0.4, 0.5) is 0 Å². The Labute approximate surface area is 138 Å². The Bertz CT molecular complexity index is 440. The minimum absolute atomic E-state index is 0.327. The summed E-state index contributed by atoms with van der Waals surface area (Å²) >= 11 is 0. The maximum absolute atomic E-state index is 11.7. The second-order valence-electron chi connectivity index (χ2n) is 5.28. The minimum atomic E-state index is -0.813. The number of nitrogens with one attached hydrogen (secondary N) is 1. The molecule has 0 spiro atoms. The van der Waals surface area contributed by atoms with Crippen molar-refractivity contribution in [3.05, 3.63) is 23.8 Å². The van der Waals surface area contributed by atoms with Crippen LogP contribution in [0.5, 0.6) is 0 Å². The maximum atomic E-state index is 11.7. The number of hydroxylamine groups is 1. The van der Waals surface area contributed by atoms with E-state index in [0.717, 1.165) is 19.3 Å². The van der Waals surface area contributed by atoms with Crippen molar-refractivity contribution in [3.8, 4) is 6.07 Å². The summed E-state index contributed by atoms with van der Waals surface area (Å²) in [5, 5.41) is 9.02. The lowest BCUT2D eigenvalue weighted by atomic mass is 10.0. The standard InChI is InChI=1S/C17H26N2O4/c1-21-11-5-10-19-23-17(20)16(14-18)9-13-22-12-8-15-6-3-2-4-7-15/h3,6,8,16,19H,2,4-5,7,9-13H2,1H3. The van der Waals surface area contributed by atoms with E-state index in [2.05, 4.69) is 17.6 Å². The molecule has 0 amide bonds. The number of nitriles is 1. The Balaban J connectivity index is 2.12. The van der Waals surface area contributed by atoms with Crippen molar-refractivity contribution in [1.29, 1.82) is 5.26 Å². The van der Waals surface area contributed by atoms with E-state index in [4.69, 9.17) is 19.6 Å². The quantitative estimate of drug-likeness (QED) is 0.464. The highest BCUT2D eigenvalue weighted by Crippen LogP contribution is 2.15. The van der Waals surface area contributed by atoms with E-state index in [9.17, 15) is 4.79 Å². The van der Waals surface area contributed by atoms with E-state index in [0.29, 0.717) is 32.8 Å². The molecule has 1 rings (SSSR count). The third-order valence-electron chi connectivity index (χ3n) is 3.42. The van der Waals surface area contributed by atoms with Gasteiger partial charge in [0.05, 0.1) is 12.7 Å². The summed E-state index contributed by atoms with van der Waals surface area (Å²) in [7, 11) is 1.61. The zero-order valence-electron chi connectivity index (χ0n) is 13.8. The van der Waals surface area contributed by atoms with E-state index in [1.165, 1.54) is 12.0 Å². The Hall–Kier alpha value is -1.68. The third kappa shape index (κ3) is 9.14. The molecule has 0 fully saturated rings. The van der Waals surface area contributed by atoms with Gasteiger partial charge < -0.3 is 14.3 Å². The Morgan fingerprint density at radius 3 is 3.09 bits per heavy atom. The second-order valence-corrected chi connectivity index (χ2v) is 5.28. The number of nitrogens with zero attached hydrogens (tertiary/aromatic N) is 1. The molecule has 0 aromatic rings. The van der Waals surface area contributed by atoms with Crippen molar-refractivity contribution in [3.63, 3.8) is 0 Å². The summed E-state index contributed by atoms with van der Waals surface area (Å²) in [5.74, 6) is -1.38. The fourth-order valence-corrected chi connectivity index (χ4v) is 2.08. The lowest BCUT2D eigenvalue weighted by molar-refractivity contribution is -0.154. The van der Waals surface area contributed by atoms with E-state index in [1.807, 2.05) is 12.1 Å². The highest BCUT2D eigenvalue weighted by molar-refractivity contribution is 5.74. The number of ether oxygens (including phenoxy) is 2. The SMILES string of the molecule is COCCCNOC(=O)C(C#N)CCOCC=C1C=CCCC1. The first-order chi connectivity index (χ1) is 11.3. The van der Waals surface area contributed by atoms with Crippen LogP contribution >= 0.6 is 0 Å². The average Bonchev–Trinajstić information content (AvgIpc) is 2.58. The van der Waals surface area contributed by atoms with Crippen LogP contribution in [0.1, 0.15) is 32.1 Å². The summed E-state index contributed by atoms with van der Waals surface area (Å²) in [6, 6.07) is 1.95. The fraction of sp³-hybridized carbons (Fsp3) is 0.647. The fourth-order valence-electron chi connectivity index (χ4n) is 2.08. The van der Waals surface area contributed by atoms with E-state index in [-0.39, 0.29) is 0 Å². The van der Waals surface area contributed by atoms with Gasteiger partial charge in [-0.05, 0) is 32.1 Å². The smallest absolute Gasteiger partial charge is 0.342 e. The molecule has 0 heterocycles. The molecular formula is C17H26N2O4. The number of rotatable bonds is 11. The first-order valence-electron chi connectivity index (χ1n) is 8.03. The molecule has 128 valence electrons. The van der Waals surface area contributed by atoms with Gasteiger partial charge in [0.1, 0.15) is 5.92 Å². The molecule has 6 nitrogen and oxygen atoms in total. The van der Waals surface area contributed by atoms with Crippen LogP contribution in [0, 0.1) is 17.2 Å². The molecule has 1 aliphatic rings. The van der Waals surface area contributed by atoms with Gasteiger partial charge in [-0.3, -0.25) is 0 Å². The Kier molecular flexibility index (Phi) is 10.8. The van der Waals surface area contributed by atoms with Gasteiger partial charge in [0, 0.05) is 26.9 Å². The number of hydrogen-bond acceptors (Lipinski definition) is 6. The monoisotopic (exact) mass is 322 g/mol. The zero-order valence-corrected chi connectivity index (χ0v) is 13.8. The summed E-state index contributed by atoms with van der Waals surface area (Å²) in [4.78, 5) is 16.6. The van der Waals surface area contributed by atoms with E-state index >= 15 is 0 Å². The van der Waals surface area contributed by atoms with Crippen molar-refractivity contribution in [2.45, 2.75) is 32.1 Å². The van der Waals surface area contributed by atoms with Crippen molar-refractivity contribution < 1.29 is 19.1 Å². The number of carbonyl (C=O) groups excluding carboxylic acids is 1. The number of hydrogen-bond donors (Lipinski definition) is 1. The first-order valence-corrected chi connectivity index (χ1v) is 8.03. The molecule has 1 atom stereocenters. The van der Waals surface area contributed by atoms with Gasteiger partial charge in [-0.15, -0.1) is 0 Å². The van der Waals surface area contributed by atoms with Crippen molar-refractivity contribution in [2.24, 2.45) is 5.92 Å². The topological polar surface area (TPSA) is 80.6 Å². The van der Waals surface area contributed by atoms with Gasteiger partial charge in [0.15, 0.2) is 0 Å². The zero-order chi connectivity index (χ0) is 16.8. The Morgan fingerprint density at radius 1 is 1.52 bits per heavy atom. The van der Waals surface area contributed by atoms with Crippen LogP contribution in [0.2, 0.25) is 0 Å². The number of methoxy groups -OCH3 is 1. The predicted octanol–water partition coefficient (Wildman–Crippen LogP) is 2.28. The van der Waals surface area contributed by atoms with Crippen molar-refractivity contribution >= 4 is 5.97 Å². The van der Waals surface area contributed by atoms with Gasteiger partial charge in [0.2, 0.25) is 0 Å². The molecule has 1 N–H and O–H groups in total. The van der Waals surface area contributed by atoms with Gasteiger partial charge in [-0.1, -0.05) is 23.8 Å². The van der Waals surface area contributed by atoms with Crippen molar-refractivity contribution in [1.82, 2.24) is 5.48 Å². The van der Waals surface area contributed by atoms with Crippen LogP contribution in [0.15, 0.2) is 23.8 Å². The highest BCUT2D eigenvalue weighted by Gasteiger charge is 2.19. The molecule has 0 saturated carbocycles. The van der Waals surface area contributed by atoms with Crippen LogP contribution < -0.4 is 5.48 Å². The molecule has 0 bridgehead atoms. The average molecular weight is 322 g/mol. The van der Waals surface area contributed by atoms with Crippen LogP contribution in [-0.2, 0) is 19.1 Å². The molecule has 23 heavy (non-hydrogen) atoms. The van der Waals surface area contributed by atoms with Crippen LogP contribution in [0.25, 0.3) is 0 Å². The van der Waals surface area contributed by atoms with Crippen LogP contribution in [0.3, 0.4) is 0 Å². The second kappa shape index (κ2) is 12.8. The molecule has 6 heteroatoms. The molecule has 0 saturated heterocycles. The van der Waals surface area contributed by atoms with Gasteiger partial charge in [-0.25, -0.2) is 4.79 Å². The molecule has 0 aromatic heterocycles. The summed E-state index contributed by atoms with van der Waals surface area (Å²) < 4.78 is 10.3. The normalized spacial score (nSPS) is 17.0. The first kappa shape index (κ1) is 19.4. The molecule has 0 aliphatic heterocycles. The molecule has 0 aromatic carbocycles. The number of carbonyl (C=O) groups is 1. The molecular weight excluding hydrogens is 296 g/mol. The van der Waals surface area contributed by atoms with E-state index in [1.54, 1.807) is 7.11 Å². The number of allylic oxidation sites excluding steroid dienone is 3. The minimum Gasteiger partial charge on any atom is -0.385 e. The predicted molar refractivity (Wildman–Crippen MR) is 86.2 cm³/mol. The van der Waals surface area contributed by atoms with Gasteiger partial charge in [-0.2, -0.15) is 10.7 Å². The highest BCUT2D eigenvalue weighted by atomic mass is 16.7. The summed E-state index contributed by atoms with van der Waals surface area (Å²) in [6.45, 7) is 1.94. The third-order valence-corrected chi connectivity index (χ3v) is 3.42. The summed E-state index contributed by atoms with van der Waals surface area (Å²) in [5.41, 5.74) is 3.83. The molecule has 0 radical (unpaired) electrons. The molecule has 1 unspecified atom stereocenters. The van der Waals surface area contributed by atoms with Crippen molar-refractivity contribution in [2.75, 3.05) is 33.5 Å². The van der Waals surface area contributed by atoms with Gasteiger partial charge in [0.25, 0.3) is 0 Å². The van der Waals surface area contributed by atoms with Gasteiger partial charge >= 0.3 is 5.97 Å². The maximum Gasteiger partial charge on any atom is 0.342 e. The largest absolute Gasteiger partial charge is 0.385 e. The lowest BCUT2D eigenvalue weighted by Crippen LogP contribution is -2.27. The summed E-state index contributed by atoms with van der Waals surface area (Å²) in [6.07, 6.45) is 10.8. The molecule has 1 aliphatic carbocycles. The lowest BCUT2D eigenvalue weighted by Gasteiger charge is -2.10.